The van der Waals surface area contributed by atoms with E-state index in [0.29, 0.717) is 0 Å². The van der Waals surface area contributed by atoms with Crippen LogP contribution in [-0.4, -0.2) is 21.7 Å². The maximum atomic E-state index is 5.40. The molecule has 0 amide bonds. The van der Waals surface area contributed by atoms with E-state index in [1.807, 2.05) is 36.4 Å². The minimum atomic E-state index is 0.267. The van der Waals surface area contributed by atoms with Gasteiger partial charge in [0.1, 0.15) is 6.33 Å². The van der Waals surface area contributed by atoms with Crippen molar-refractivity contribution in [3.05, 3.63) is 55.1 Å². The van der Waals surface area contributed by atoms with Crippen molar-refractivity contribution in [2.45, 2.75) is 0 Å². The molecule has 0 atom stereocenters. The maximum absolute atomic E-state index is 5.40. The molecule has 0 aliphatic carbocycles. The van der Waals surface area contributed by atoms with Gasteiger partial charge in [-0.15, -0.1) is 0 Å². The van der Waals surface area contributed by atoms with Gasteiger partial charge in [0.2, 0.25) is 6.79 Å². The van der Waals surface area contributed by atoms with Gasteiger partial charge in [-0.3, -0.25) is 4.98 Å². The van der Waals surface area contributed by atoms with Gasteiger partial charge in [0.15, 0.2) is 11.5 Å². The second kappa shape index (κ2) is 4.86. The summed E-state index contributed by atoms with van der Waals surface area (Å²) >= 11 is 0. The number of rotatable bonds is 2. The number of benzene rings is 1. The number of ether oxygens (including phenoxy) is 2. The highest BCUT2D eigenvalue weighted by atomic mass is 16.7. The first-order valence-corrected chi connectivity index (χ1v) is 6.53. The van der Waals surface area contributed by atoms with Crippen LogP contribution in [0.4, 0.5) is 0 Å². The number of fused-ring (bicyclic) bond motifs is 1. The van der Waals surface area contributed by atoms with E-state index in [2.05, 4.69) is 15.0 Å². The molecule has 0 bridgehead atoms. The summed E-state index contributed by atoms with van der Waals surface area (Å²) in [7, 11) is 0. The Morgan fingerprint density at radius 2 is 1.71 bits per heavy atom. The molecule has 102 valence electrons. The minimum Gasteiger partial charge on any atom is -0.454 e. The van der Waals surface area contributed by atoms with Crippen LogP contribution < -0.4 is 9.47 Å². The highest BCUT2D eigenvalue weighted by molar-refractivity contribution is 5.69. The zero-order chi connectivity index (χ0) is 14.1. The molecule has 0 spiro atoms. The monoisotopic (exact) mass is 277 g/mol. The molecule has 0 N–H and O–H groups in total. The third kappa shape index (κ3) is 2.18. The summed E-state index contributed by atoms with van der Waals surface area (Å²) < 4.78 is 10.7. The molecule has 4 rings (SSSR count). The summed E-state index contributed by atoms with van der Waals surface area (Å²) in [6.07, 6.45) is 5.08. The second-order valence-corrected chi connectivity index (χ2v) is 4.60. The fraction of sp³-hybridized carbons (Fsp3) is 0.0625. The Bertz CT molecular complexity index is 791. The van der Waals surface area contributed by atoms with E-state index >= 15 is 0 Å². The molecule has 0 saturated heterocycles. The van der Waals surface area contributed by atoms with Crippen LogP contribution in [0.3, 0.4) is 0 Å². The molecule has 3 heterocycles. The molecule has 21 heavy (non-hydrogen) atoms. The van der Waals surface area contributed by atoms with E-state index in [9.17, 15) is 0 Å². The molecule has 0 fully saturated rings. The standard InChI is InChI=1S/C16H11N3O2/c1-2-12(8-17-5-1)14-7-13(18-9-19-14)11-3-4-15-16(6-11)21-10-20-15/h1-9H,10H2. The quantitative estimate of drug-likeness (QED) is 0.720. The maximum Gasteiger partial charge on any atom is 0.231 e. The van der Waals surface area contributed by atoms with E-state index in [1.165, 1.54) is 0 Å². The van der Waals surface area contributed by atoms with Crippen molar-refractivity contribution in [3.63, 3.8) is 0 Å². The summed E-state index contributed by atoms with van der Waals surface area (Å²) in [5.74, 6) is 1.51. The third-order valence-electron chi connectivity index (χ3n) is 3.29. The van der Waals surface area contributed by atoms with Crippen molar-refractivity contribution in [2.24, 2.45) is 0 Å². The van der Waals surface area contributed by atoms with Crippen LogP contribution >= 0.6 is 0 Å². The van der Waals surface area contributed by atoms with Gasteiger partial charge in [0, 0.05) is 23.5 Å². The van der Waals surface area contributed by atoms with E-state index < -0.39 is 0 Å². The first kappa shape index (κ1) is 11.8. The molecular formula is C16H11N3O2. The van der Waals surface area contributed by atoms with Gasteiger partial charge in [-0.1, -0.05) is 0 Å². The zero-order valence-corrected chi connectivity index (χ0v) is 11.1. The summed E-state index contributed by atoms with van der Waals surface area (Å²) in [5, 5.41) is 0. The van der Waals surface area contributed by atoms with Crippen molar-refractivity contribution in [3.8, 4) is 34.0 Å². The molecule has 0 unspecified atom stereocenters. The summed E-state index contributed by atoms with van der Waals surface area (Å²) in [4.78, 5) is 12.7. The van der Waals surface area contributed by atoms with Crippen molar-refractivity contribution in [2.75, 3.05) is 6.79 Å². The second-order valence-electron chi connectivity index (χ2n) is 4.60. The number of nitrogens with zero attached hydrogens (tertiary/aromatic N) is 3. The average Bonchev–Trinajstić information content (AvgIpc) is 3.03. The van der Waals surface area contributed by atoms with Crippen LogP contribution in [0.5, 0.6) is 11.5 Å². The van der Waals surface area contributed by atoms with Gasteiger partial charge < -0.3 is 9.47 Å². The summed E-state index contributed by atoms with van der Waals surface area (Å²) in [5.41, 5.74) is 3.60. The normalized spacial score (nSPS) is 12.4. The Morgan fingerprint density at radius 1 is 0.857 bits per heavy atom. The molecule has 1 aliphatic rings. The Labute approximate surface area is 121 Å². The van der Waals surface area contributed by atoms with E-state index in [0.717, 1.165) is 34.0 Å². The van der Waals surface area contributed by atoms with E-state index in [1.54, 1.807) is 18.7 Å². The van der Waals surface area contributed by atoms with Crippen LogP contribution in [0.2, 0.25) is 0 Å². The minimum absolute atomic E-state index is 0.267. The van der Waals surface area contributed by atoms with E-state index in [4.69, 9.17) is 9.47 Å². The molecule has 1 aliphatic heterocycles. The first-order valence-electron chi connectivity index (χ1n) is 6.53. The Kier molecular flexibility index (Phi) is 2.74. The average molecular weight is 277 g/mol. The molecular weight excluding hydrogens is 266 g/mol. The fourth-order valence-electron chi connectivity index (χ4n) is 2.24. The van der Waals surface area contributed by atoms with E-state index in [-0.39, 0.29) is 6.79 Å². The van der Waals surface area contributed by atoms with Crippen molar-refractivity contribution < 1.29 is 9.47 Å². The lowest BCUT2D eigenvalue weighted by molar-refractivity contribution is 0.174. The van der Waals surface area contributed by atoms with Gasteiger partial charge in [-0.25, -0.2) is 9.97 Å². The lowest BCUT2D eigenvalue weighted by atomic mass is 10.1. The van der Waals surface area contributed by atoms with Crippen LogP contribution in [0.1, 0.15) is 0 Å². The highest BCUT2D eigenvalue weighted by Crippen LogP contribution is 2.35. The smallest absolute Gasteiger partial charge is 0.231 e. The van der Waals surface area contributed by atoms with Crippen LogP contribution in [-0.2, 0) is 0 Å². The summed E-state index contributed by atoms with van der Waals surface area (Å²) in [6.45, 7) is 0.267. The van der Waals surface area contributed by atoms with Gasteiger partial charge in [0.05, 0.1) is 11.4 Å². The molecule has 5 nitrogen and oxygen atoms in total. The Morgan fingerprint density at radius 3 is 2.57 bits per heavy atom. The number of aromatic nitrogens is 3. The predicted octanol–water partition coefficient (Wildman–Crippen LogP) is 2.93. The Hall–Kier alpha value is -2.95. The number of hydrogen-bond donors (Lipinski definition) is 0. The van der Waals surface area contributed by atoms with Gasteiger partial charge in [0.25, 0.3) is 0 Å². The zero-order valence-electron chi connectivity index (χ0n) is 11.1. The SMILES string of the molecule is c1cncc(-c2cc(-c3ccc4c(c3)OCO4)ncn2)c1. The molecule has 5 heteroatoms. The summed E-state index contributed by atoms with van der Waals surface area (Å²) in [6, 6.07) is 11.6. The molecule has 2 aromatic heterocycles. The fourth-order valence-corrected chi connectivity index (χ4v) is 2.24. The van der Waals surface area contributed by atoms with Crippen molar-refractivity contribution in [1.82, 2.24) is 15.0 Å². The lowest BCUT2D eigenvalue weighted by Crippen LogP contribution is -1.93. The van der Waals surface area contributed by atoms with Gasteiger partial charge >= 0.3 is 0 Å². The predicted molar refractivity (Wildman–Crippen MR) is 76.8 cm³/mol. The van der Waals surface area contributed by atoms with Crippen LogP contribution in [0.25, 0.3) is 22.5 Å². The Balaban J connectivity index is 1.76. The molecule has 1 aromatic carbocycles. The topological polar surface area (TPSA) is 57.1 Å². The lowest BCUT2D eigenvalue weighted by Gasteiger charge is -2.05. The largest absolute Gasteiger partial charge is 0.454 e. The van der Waals surface area contributed by atoms with Crippen LogP contribution in [0, 0.1) is 0 Å². The highest BCUT2D eigenvalue weighted by Gasteiger charge is 2.14. The number of pyridine rings is 1. The number of hydrogen-bond acceptors (Lipinski definition) is 5. The molecule has 0 radical (unpaired) electrons. The third-order valence-corrected chi connectivity index (χ3v) is 3.29. The molecule has 0 saturated carbocycles. The van der Waals surface area contributed by atoms with Crippen molar-refractivity contribution >= 4 is 0 Å². The molecule has 3 aromatic rings. The van der Waals surface area contributed by atoms with Gasteiger partial charge in [-0.05, 0) is 36.4 Å². The van der Waals surface area contributed by atoms with Crippen molar-refractivity contribution in [1.29, 1.82) is 0 Å². The van der Waals surface area contributed by atoms with Crippen LogP contribution in [0.15, 0.2) is 55.1 Å². The first-order chi connectivity index (χ1) is 10.4. The van der Waals surface area contributed by atoms with Gasteiger partial charge in [-0.2, -0.15) is 0 Å².